The van der Waals surface area contributed by atoms with Crippen LogP contribution in [0.3, 0.4) is 0 Å². The molecule has 2 aromatic rings. The molecule has 3 aliphatic rings. The SMILES string of the molecule is O=C(O)C1CCC(NS(=O)(=O)c2ccc(N3CCC(CCCCCCC4CCN(S(=O)(=O)c5cc(Br)c(Cl)s5)CC4)CC3)c(Cl)c2)C1. The summed E-state index contributed by atoms with van der Waals surface area (Å²) in [7, 11) is -7.26. The molecule has 1 aromatic heterocycles. The van der Waals surface area contributed by atoms with Gasteiger partial charge >= 0.3 is 5.97 Å². The number of aliphatic carboxylic acids is 1. The Morgan fingerprint density at radius 1 is 0.894 bits per heavy atom. The number of carbonyl (C=O) groups is 1. The molecule has 5 rings (SSSR count). The van der Waals surface area contributed by atoms with Gasteiger partial charge < -0.3 is 10.0 Å². The van der Waals surface area contributed by atoms with E-state index in [-0.39, 0.29) is 10.9 Å². The summed E-state index contributed by atoms with van der Waals surface area (Å²) in [6.07, 6.45) is 12.5. The van der Waals surface area contributed by atoms with Crippen LogP contribution in [0, 0.1) is 17.8 Å². The molecular weight excluding hydrogens is 769 g/mol. The van der Waals surface area contributed by atoms with E-state index in [4.69, 9.17) is 23.2 Å². The Labute approximate surface area is 301 Å². The van der Waals surface area contributed by atoms with Gasteiger partial charge in [0.15, 0.2) is 0 Å². The monoisotopic (exact) mass is 811 g/mol. The predicted molar refractivity (Wildman–Crippen MR) is 192 cm³/mol. The van der Waals surface area contributed by atoms with Crippen molar-refractivity contribution in [1.82, 2.24) is 9.03 Å². The summed E-state index contributed by atoms with van der Waals surface area (Å²) in [6.45, 7) is 2.92. The average Bonchev–Trinajstić information content (AvgIpc) is 3.65. The molecule has 1 aromatic carbocycles. The lowest BCUT2D eigenvalue weighted by molar-refractivity contribution is -0.141. The third kappa shape index (κ3) is 9.65. The largest absolute Gasteiger partial charge is 0.481 e. The van der Waals surface area contributed by atoms with Crippen molar-refractivity contribution < 1.29 is 26.7 Å². The van der Waals surface area contributed by atoms with Gasteiger partial charge in [0, 0.05) is 36.7 Å². The molecule has 0 amide bonds. The zero-order chi connectivity index (χ0) is 33.8. The maximum atomic E-state index is 13.0. The summed E-state index contributed by atoms with van der Waals surface area (Å²) in [5, 5.41) is 9.62. The number of carboxylic acid groups (broad SMARTS) is 1. The topological polar surface area (TPSA) is 124 Å². The molecule has 2 saturated heterocycles. The summed E-state index contributed by atoms with van der Waals surface area (Å²) < 4.78 is 57.4. The number of carboxylic acids is 1. The molecule has 2 aliphatic heterocycles. The second kappa shape index (κ2) is 16.4. The van der Waals surface area contributed by atoms with Gasteiger partial charge in [-0.1, -0.05) is 61.7 Å². The molecule has 1 saturated carbocycles. The summed E-state index contributed by atoms with van der Waals surface area (Å²) in [5.74, 6) is -0.120. The highest BCUT2D eigenvalue weighted by molar-refractivity contribution is 9.10. The fraction of sp³-hybridized carbons (Fsp3) is 0.656. The first-order valence-electron chi connectivity index (χ1n) is 16.6. The minimum atomic E-state index is -3.79. The van der Waals surface area contributed by atoms with Crippen LogP contribution >= 0.6 is 50.5 Å². The number of sulfonamides is 2. The molecule has 9 nitrogen and oxygen atoms in total. The van der Waals surface area contributed by atoms with Gasteiger partial charge in [-0.2, -0.15) is 4.31 Å². The number of unbranched alkanes of at least 4 members (excludes halogenated alkanes) is 3. The van der Waals surface area contributed by atoms with E-state index in [0.29, 0.717) is 62.2 Å². The van der Waals surface area contributed by atoms with Crippen molar-refractivity contribution in [3.63, 3.8) is 0 Å². The zero-order valence-electron chi connectivity index (χ0n) is 26.4. The third-order valence-corrected chi connectivity index (χ3v) is 16.7. The molecule has 0 bridgehead atoms. The van der Waals surface area contributed by atoms with Gasteiger partial charge in [-0.3, -0.25) is 4.79 Å². The van der Waals surface area contributed by atoms with Gasteiger partial charge in [0.25, 0.3) is 10.0 Å². The van der Waals surface area contributed by atoms with Crippen LogP contribution in [-0.2, 0) is 24.8 Å². The molecule has 0 radical (unpaired) electrons. The van der Waals surface area contributed by atoms with Crippen molar-refractivity contribution in [2.24, 2.45) is 17.8 Å². The Bertz CT molecular complexity index is 1590. The van der Waals surface area contributed by atoms with Gasteiger partial charge in [-0.05, 0) is 97.0 Å². The Morgan fingerprint density at radius 3 is 2.04 bits per heavy atom. The number of halogens is 3. The van der Waals surface area contributed by atoms with Crippen molar-refractivity contribution in [3.05, 3.63) is 38.1 Å². The van der Waals surface area contributed by atoms with Crippen LogP contribution < -0.4 is 9.62 Å². The normalized spacial score (nSPS) is 22.2. The Balaban J connectivity index is 0.959. The highest BCUT2D eigenvalue weighted by Crippen LogP contribution is 2.38. The molecule has 1 aliphatic carbocycles. The number of benzene rings is 1. The minimum Gasteiger partial charge on any atom is -0.481 e. The first kappa shape index (κ1) is 37.3. The van der Waals surface area contributed by atoms with Crippen molar-refractivity contribution in [2.45, 2.75) is 98.6 Å². The van der Waals surface area contributed by atoms with E-state index < -0.39 is 31.9 Å². The maximum absolute atomic E-state index is 13.0. The lowest BCUT2D eigenvalue weighted by Crippen LogP contribution is -2.38. The number of nitrogens with zero attached hydrogens (tertiary/aromatic N) is 2. The lowest BCUT2D eigenvalue weighted by Gasteiger charge is -2.34. The summed E-state index contributed by atoms with van der Waals surface area (Å²) in [6, 6.07) is 6.09. The minimum absolute atomic E-state index is 0.103. The molecule has 2 atom stereocenters. The summed E-state index contributed by atoms with van der Waals surface area (Å²) in [4.78, 5) is 13.6. The van der Waals surface area contributed by atoms with E-state index >= 15 is 0 Å². The van der Waals surface area contributed by atoms with Crippen LogP contribution in [0.4, 0.5) is 5.69 Å². The van der Waals surface area contributed by atoms with Crippen LogP contribution in [0.1, 0.15) is 83.5 Å². The van der Waals surface area contributed by atoms with Crippen LogP contribution in [0.2, 0.25) is 9.36 Å². The lowest BCUT2D eigenvalue weighted by atomic mass is 9.89. The predicted octanol–water partition coefficient (Wildman–Crippen LogP) is 8.01. The van der Waals surface area contributed by atoms with Crippen LogP contribution in [0.5, 0.6) is 0 Å². The van der Waals surface area contributed by atoms with Crippen LogP contribution in [0.15, 0.2) is 37.8 Å². The van der Waals surface area contributed by atoms with Crippen molar-refractivity contribution >= 4 is 82.2 Å². The highest BCUT2D eigenvalue weighted by atomic mass is 79.9. The Kier molecular flexibility index (Phi) is 13.0. The molecular formula is C32H44BrCl2N3O6S3. The number of anilines is 1. The van der Waals surface area contributed by atoms with E-state index in [1.54, 1.807) is 22.5 Å². The average molecular weight is 814 g/mol. The van der Waals surface area contributed by atoms with Crippen molar-refractivity contribution in [3.8, 4) is 0 Å². The van der Waals surface area contributed by atoms with E-state index in [1.807, 2.05) is 0 Å². The molecule has 3 heterocycles. The smallest absolute Gasteiger partial charge is 0.306 e. The molecule has 2 unspecified atom stereocenters. The molecule has 15 heteroatoms. The zero-order valence-corrected chi connectivity index (χ0v) is 31.9. The number of piperidine rings is 2. The van der Waals surface area contributed by atoms with Gasteiger partial charge in [-0.25, -0.2) is 21.6 Å². The summed E-state index contributed by atoms with van der Waals surface area (Å²) >= 11 is 17.1. The van der Waals surface area contributed by atoms with Gasteiger partial charge in [0.05, 0.1) is 21.5 Å². The van der Waals surface area contributed by atoms with Gasteiger partial charge in [0.1, 0.15) is 8.55 Å². The molecule has 3 fully saturated rings. The van der Waals surface area contributed by atoms with Gasteiger partial charge in [0.2, 0.25) is 10.0 Å². The second-order valence-corrected chi connectivity index (χ2v) is 20.0. The number of hydrogen-bond acceptors (Lipinski definition) is 7. The fourth-order valence-corrected chi connectivity index (χ4v) is 12.8. The third-order valence-electron chi connectivity index (χ3n) is 10.1. The number of thiophene rings is 1. The second-order valence-electron chi connectivity index (χ2n) is 13.2. The molecule has 0 spiro atoms. The van der Waals surface area contributed by atoms with Crippen molar-refractivity contribution in [1.29, 1.82) is 0 Å². The number of rotatable bonds is 14. The Hall–Kier alpha value is -0.930. The summed E-state index contributed by atoms with van der Waals surface area (Å²) in [5.41, 5.74) is 0.850. The quantitative estimate of drug-likeness (QED) is 0.185. The van der Waals surface area contributed by atoms with E-state index in [0.717, 1.165) is 62.2 Å². The standard InChI is InChI=1S/C32H44BrCl2N3O6S3/c33-27-21-30(45-31(27)35)47(43,44)38-17-13-23(14-18-38)6-4-2-1-3-5-22-11-15-37(16-12-22)29-10-9-26(20-28(29)34)46(41,42)36-25-8-7-24(19-25)32(39)40/h9-10,20-25,36H,1-8,11-19H2,(H,39,40). The van der Waals surface area contributed by atoms with E-state index in [9.17, 15) is 26.7 Å². The van der Waals surface area contributed by atoms with Crippen LogP contribution in [0.25, 0.3) is 0 Å². The first-order valence-corrected chi connectivity index (χ1v) is 21.9. The fourth-order valence-electron chi connectivity index (χ4n) is 7.21. The molecule has 262 valence electrons. The van der Waals surface area contributed by atoms with Crippen molar-refractivity contribution in [2.75, 3.05) is 31.1 Å². The number of nitrogens with one attached hydrogen (secondary N) is 1. The first-order chi connectivity index (χ1) is 22.3. The molecule has 47 heavy (non-hydrogen) atoms. The number of hydrogen-bond donors (Lipinski definition) is 2. The van der Waals surface area contributed by atoms with E-state index in [2.05, 4.69) is 25.6 Å². The highest BCUT2D eigenvalue weighted by Gasteiger charge is 2.33. The van der Waals surface area contributed by atoms with E-state index in [1.165, 1.54) is 38.2 Å². The molecule has 2 N–H and O–H groups in total. The van der Waals surface area contributed by atoms with Gasteiger partial charge in [-0.15, -0.1) is 11.3 Å². The van der Waals surface area contributed by atoms with Crippen LogP contribution in [-0.4, -0.2) is 64.4 Å². The Morgan fingerprint density at radius 2 is 1.51 bits per heavy atom. The maximum Gasteiger partial charge on any atom is 0.306 e.